The number of ether oxygens (including phenoxy) is 2. The van der Waals surface area contributed by atoms with Crippen LogP contribution in [0.25, 0.3) is 0 Å². The first kappa shape index (κ1) is 25.6. The number of methoxy groups -OCH3 is 1. The van der Waals surface area contributed by atoms with Gasteiger partial charge in [-0.05, 0) is 65.2 Å². The molecule has 0 unspecified atom stereocenters. The number of non-ortho nitro benzene ring substituents is 1. The van der Waals surface area contributed by atoms with Crippen molar-refractivity contribution in [2.24, 2.45) is 5.10 Å². The Morgan fingerprint density at radius 3 is 2.65 bits per heavy atom. The zero-order valence-corrected chi connectivity index (χ0v) is 21.3. The quantitative estimate of drug-likeness (QED) is 0.165. The third-order valence-corrected chi connectivity index (χ3v) is 5.71. The van der Waals surface area contributed by atoms with Crippen LogP contribution in [0.5, 0.6) is 11.5 Å². The van der Waals surface area contributed by atoms with E-state index in [4.69, 9.17) is 9.47 Å². The van der Waals surface area contributed by atoms with Crippen LogP contribution in [0.4, 0.5) is 5.69 Å². The lowest BCUT2D eigenvalue weighted by molar-refractivity contribution is -0.384. The van der Waals surface area contributed by atoms with Gasteiger partial charge in [-0.25, -0.2) is 5.43 Å². The van der Waals surface area contributed by atoms with Crippen LogP contribution >= 0.6 is 15.9 Å². The van der Waals surface area contributed by atoms with Gasteiger partial charge in [0.2, 0.25) is 0 Å². The smallest absolute Gasteiger partial charge is 0.291 e. The van der Waals surface area contributed by atoms with E-state index in [2.05, 4.69) is 31.6 Å². The molecule has 0 spiro atoms. The van der Waals surface area contributed by atoms with Gasteiger partial charge in [-0.2, -0.15) is 10.2 Å². The molecule has 0 aliphatic rings. The van der Waals surface area contributed by atoms with Gasteiger partial charge in [-0.15, -0.1) is 0 Å². The number of halogens is 1. The normalized spacial score (nSPS) is 10.9. The van der Waals surface area contributed by atoms with Gasteiger partial charge in [0.25, 0.3) is 11.6 Å². The average Bonchev–Trinajstić information content (AvgIpc) is 3.36. The number of rotatable bonds is 10. The largest absolute Gasteiger partial charge is 0.493 e. The van der Waals surface area contributed by atoms with Crippen LogP contribution < -0.4 is 14.9 Å². The van der Waals surface area contributed by atoms with Crippen molar-refractivity contribution in [3.8, 4) is 11.5 Å². The van der Waals surface area contributed by atoms with Gasteiger partial charge in [0.05, 0.1) is 24.8 Å². The number of nitro groups is 1. The Kier molecular flexibility index (Phi) is 8.26. The van der Waals surface area contributed by atoms with Crippen LogP contribution in [0, 0.1) is 10.1 Å². The molecule has 11 heteroatoms. The van der Waals surface area contributed by atoms with Gasteiger partial charge in [0, 0.05) is 22.8 Å². The monoisotopic (exact) mass is 563 g/mol. The molecule has 188 valence electrons. The van der Waals surface area contributed by atoms with Crippen molar-refractivity contribution < 1.29 is 19.2 Å². The number of hydrazone groups is 1. The van der Waals surface area contributed by atoms with E-state index >= 15 is 0 Å². The highest BCUT2D eigenvalue weighted by Gasteiger charge is 2.10. The fourth-order valence-electron chi connectivity index (χ4n) is 3.38. The van der Waals surface area contributed by atoms with E-state index in [1.165, 1.54) is 25.5 Å². The lowest BCUT2D eigenvalue weighted by Crippen LogP contribution is -2.18. The number of aromatic nitrogens is 2. The number of hydrogen-bond donors (Lipinski definition) is 1. The zero-order chi connectivity index (χ0) is 26.2. The molecule has 0 saturated heterocycles. The number of carbonyl (C=O) groups excluding carboxylic acids is 1. The van der Waals surface area contributed by atoms with E-state index in [1.807, 2.05) is 24.3 Å². The van der Waals surface area contributed by atoms with E-state index in [0.29, 0.717) is 23.6 Å². The highest BCUT2D eigenvalue weighted by Crippen LogP contribution is 2.28. The molecular formula is C26H22BrN5O5. The second kappa shape index (κ2) is 12.0. The molecule has 0 fully saturated rings. The van der Waals surface area contributed by atoms with Crippen molar-refractivity contribution in [2.75, 3.05) is 7.11 Å². The van der Waals surface area contributed by atoms with E-state index in [-0.39, 0.29) is 18.0 Å². The fraction of sp³-hybridized carbons (Fsp3) is 0.115. The molecule has 0 aliphatic heterocycles. The lowest BCUT2D eigenvalue weighted by atomic mass is 10.2. The molecule has 4 aromatic rings. The summed E-state index contributed by atoms with van der Waals surface area (Å²) in [5.41, 5.74) is 5.21. The first-order chi connectivity index (χ1) is 17.9. The second-order valence-corrected chi connectivity index (χ2v) is 8.77. The van der Waals surface area contributed by atoms with E-state index in [0.717, 1.165) is 15.6 Å². The standard InChI is InChI=1S/C26H22BrN5O5/c1-36-24-10-7-19(14-25(24)37-17-18-5-8-22(9-6-18)32(34)35)15-28-29-26(33)23-11-12-31(30-23)16-20-3-2-4-21(27)13-20/h2-15H,16-17H2,1H3,(H,29,33). The molecular weight excluding hydrogens is 542 g/mol. The number of nitrogens with zero attached hydrogens (tertiary/aromatic N) is 4. The summed E-state index contributed by atoms with van der Waals surface area (Å²) in [4.78, 5) is 22.8. The predicted octanol–water partition coefficient (Wildman–Crippen LogP) is 4.95. The Labute approximate surface area is 220 Å². The summed E-state index contributed by atoms with van der Waals surface area (Å²) in [5, 5.41) is 19.1. The van der Waals surface area contributed by atoms with Crippen molar-refractivity contribution in [3.63, 3.8) is 0 Å². The summed E-state index contributed by atoms with van der Waals surface area (Å²) in [6.07, 6.45) is 3.21. The molecule has 4 rings (SSSR count). The Hall–Kier alpha value is -4.51. The van der Waals surface area contributed by atoms with Crippen LogP contribution in [0.15, 0.2) is 88.6 Å². The molecule has 1 N–H and O–H groups in total. The van der Waals surface area contributed by atoms with Crippen LogP contribution in [0.2, 0.25) is 0 Å². The summed E-state index contributed by atoms with van der Waals surface area (Å²) in [6, 6.07) is 20.8. The summed E-state index contributed by atoms with van der Waals surface area (Å²) < 4.78 is 13.9. The average molecular weight is 564 g/mol. The SMILES string of the molecule is COc1ccc(C=NNC(=O)c2ccn(Cc3cccc(Br)c3)n2)cc1OCc1ccc([N+](=O)[O-])cc1. The first-order valence-corrected chi connectivity index (χ1v) is 11.9. The minimum absolute atomic E-state index is 0.0118. The molecule has 10 nitrogen and oxygen atoms in total. The summed E-state index contributed by atoms with van der Waals surface area (Å²) in [5.74, 6) is 0.536. The summed E-state index contributed by atoms with van der Waals surface area (Å²) in [7, 11) is 1.53. The topological polar surface area (TPSA) is 121 Å². The minimum Gasteiger partial charge on any atom is -0.493 e. The van der Waals surface area contributed by atoms with Crippen LogP contribution in [-0.2, 0) is 13.2 Å². The lowest BCUT2D eigenvalue weighted by Gasteiger charge is -2.11. The highest BCUT2D eigenvalue weighted by atomic mass is 79.9. The third kappa shape index (κ3) is 7.01. The highest BCUT2D eigenvalue weighted by molar-refractivity contribution is 9.10. The maximum atomic E-state index is 12.5. The second-order valence-electron chi connectivity index (χ2n) is 7.85. The minimum atomic E-state index is -0.454. The van der Waals surface area contributed by atoms with Crippen LogP contribution in [0.1, 0.15) is 27.2 Å². The van der Waals surface area contributed by atoms with Crippen molar-refractivity contribution in [3.05, 3.63) is 116 Å². The molecule has 1 amide bonds. The van der Waals surface area contributed by atoms with Crippen molar-refractivity contribution in [1.82, 2.24) is 15.2 Å². The fourth-order valence-corrected chi connectivity index (χ4v) is 3.82. The maximum absolute atomic E-state index is 12.5. The number of amides is 1. The molecule has 0 bridgehead atoms. The van der Waals surface area contributed by atoms with Crippen molar-refractivity contribution in [1.29, 1.82) is 0 Å². The van der Waals surface area contributed by atoms with Gasteiger partial charge < -0.3 is 9.47 Å². The Bertz CT molecular complexity index is 1440. The van der Waals surface area contributed by atoms with Crippen LogP contribution in [0.3, 0.4) is 0 Å². The Morgan fingerprint density at radius 2 is 1.92 bits per heavy atom. The van der Waals surface area contributed by atoms with Gasteiger partial charge in [-0.1, -0.05) is 28.1 Å². The summed E-state index contributed by atoms with van der Waals surface area (Å²) >= 11 is 3.45. The zero-order valence-electron chi connectivity index (χ0n) is 19.7. The van der Waals surface area contributed by atoms with E-state index < -0.39 is 10.8 Å². The third-order valence-electron chi connectivity index (χ3n) is 5.22. The van der Waals surface area contributed by atoms with Gasteiger partial charge in [0.15, 0.2) is 17.2 Å². The van der Waals surface area contributed by atoms with Gasteiger partial charge >= 0.3 is 0 Å². The molecule has 0 atom stereocenters. The molecule has 1 aromatic heterocycles. The van der Waals surface area contributed by atoms with Crippen molar-refractivity contribution in [2.45, 2.75) is 13.2 Å². The molecule has 0 saturated carbocycles. The van der Waals surface area contributed by atoms with Crippen LogP contribution in [-0.4, -0.2) is 33.9 Å². The predicted molar refractivity (Wildman–Crippen MR) is 141 cm³/mol. The van der Waals surface area contributed by atoms with Crippen molar-refractivity contribution >= 4 is 33.7 Å². The molecule has 1 heterocycles. The van der Waals surface area contributed by atoms with E-state index in [9.17, 15) is 14.9 Å². The number of nitro benzene ring substituents is 1. The number of nitrogens with one attached hydrogen (secondary N) is 1. The number of hydrogen-bond acceptors (Lipinski definition) is 7. The number of benzene rings is 3. The molecule has 0 aliphatic carbocycles. The molecule has 3 aromatic carbocycles. The molecule has 0 radical (unpaired) electrons. The number of carbonyl (C=O) groups is 1. The Morgan fingerprint density at radius 1 is 1.11 bits per heavy atom. The van der Waals surface area contributed by atoms with Gasteiger partial charge in [0.1, 0.15) is 6.61 Å². The Balaban J connectivity index is 1.36. The molecule has 37 heavy (non-hydrogen) atoms. The summed E-state index contributed by atoms with van der Waals surface area (Å²) in [6.45, 7) is 0.721. The first-order valence-electron chi connectivity index (χ1n) is 11.1. The van der Waals surface area contributed by atoms with Gasteiger partial charge in [-0.3, -0.25) is 19.6 Å². The maximum Gasteiger partial charge on any atom is 0.291 e. The van der Waals surface area contributed by atoms with E-state index in [1.54, 1.807) is 47.3 Å².